The van der Waals surface area contributed by atoms with E-state index in [2.05, 4.69) is 26.6 Å². The number of rotatable bonds is 1. The number of nitrogens with one attached hydrogen (secondary N) is 2. The summed E-state index contributed by atoms with van der Waals surface area (Å²) < 4.78 is 13.9. The van der Waals surface area contributed by atoms with E-state index in [4.69, 9.17) is 0 Å². The molecule has 1 aliphatic carbocycles. The van der Waals surface area contributed by atoms with Crippen LogP contribution in [0.15, 0.2) is 45.2 Å². The first kappa shape index (κ1) is 14.6. The maximum atomic E-state index is 13.6. The molecule has 1 aromatic carbocycles. The van der Waals surface area contributed by atoms with Crippen molar-refractivity contribution in [3.05, 3.63) is 56.6 Å². The fourth-order valence-corrected chi connectivity index (χ4v) is 3.99. The summed E-state index contributed by atoms with van der Waals surface area (Å²) in [5.41, 5.74) is 3.79. The Balaban J connectivity index is 1.91. The zero-order valence-electron chi connectivity index (χ0n) is 12.2. The van der Waals surface area contributed by atoms with Crippen molar-refractivity contribution in [3.8, 4) is 0 Å². The Kier molecular flexibility index (Phi) is 3.37. The van der Waals surface area contributed by atoms with Gasteiger partial charge in [0.25, 0.3) is 0 Å². The highest BCUT2D eigenvalue weighted by Crippen LogP contribution is 2.44. The summed E-state index contributed by atoms with van der Waals surface area (Å²) in [5.74, 6) is -0.885. The number of hydrogen-bond acceptors (Lipinski definition) is 3. The van der Waals surface area contributed by atoms with Crippen LogP contribution in [-0.4, -0.2) is 18.2 Å². The van der Waals surface area contributed by atoms with Crippen LogP contribution >= 0.6 is 15.9 Å². The third-order valence-corrected chi connectivity index (χ3v) is 5.22. The summed E-state index contributed by atoms with van der Waals surface area (Å²) in [4.78, 5) is 24.8. The first-order valence-electron chi connectivity index (χ1n) is 7.55. The molecule has 0 radical (unpaired) electrons. The quantitative estimate of drug-likeness (QED) is 0.791. The van der Waals surface area contributed by atoms with Gasteiger partial charge in [-0.25, -0.2) is 4.39 Å². The van der Waals surface area contributed by atoms with Crippen LogP contribution in [0.3, 0.4) is 0 Å². The van der Waals surface area contributed by atoms with E-state index in [0.717, 1.165) is 17.0 Å². The number of benzene rings is 1. The number of carbonyl (C=O) groups is 2. The van der Waals surface area contributed by atoms with Gasteiger partial charge in [0.2, 0.25) is 5.91 Å². The van der Waals surface area contributed by atoms with Gasteiger partial charge in [-0.05, 0) is 40.0 Å². The number of carbonyl (C=O) groups excluding carboxylic acids is 2. The normalized spacial score (nSPS) is 23.5. The Bertz CT molecular complexity index is 813. The molecule has 3 aliphatic rings. The van der Waals surface area contributed by atoms with Gasteiger partial charge in [-0.1, -0.05) is 6.07 Å². The minimum atomic E-state index is -0.423. The predicted molar refractivity (Wildman–Crippen MR) is 85.9 cm³/mol. The number of halogens is 2. The van der Waals surface area contributed by atoms with Crippen LogP contribution in [0.25, 0.3) is 0 Å². The van der Waals surface area contributed by atoms with Gasteiger partial charge in [-0.3, -0.25) is 9.59 Å². The molecule has 2 N–H and O–H groups in total. The molecule has 0 spiro atoms. The number of Topliss-reactive ketones (excluding diaryl/α,β-unsaturated/α-hetero) is 1. The summed E-state index contributed by atoms with van der Waals surface area (Å²) in [6.45, 7) is 0.584. The third-order valence-electron chi connectivity index (χ3n) is 4.61. The average molecular weight is 377 g/mol. The molecule has 4 nitrogen and oxygen atoms in total. The largest absolute Gasteiger partial charge is 0.361 e. The fourth-order valence-electron chi connectivity index (χ4n) is 3.60. The Hall–Kier alpha value is -1.95. The van der Waals surface area contributed by atoms with Crippen LogP contribution in [0.2, 0.25) is 0 Å². The lowest BCUT2D eigenvalue weighted by molar-refractivity contribution is -0.118. The number of amides is 1. The Morgan fingerprint density at radius 3 is 2.65 bits per heavy atom. The van der Waals surface area contributed by atoms with E-state index >= 15 is 0 Å². The smallest absolute Gasteiger partial charge is 0.249 e. The van der Waals surface area contributed by atoms with Gasteiger partial charge in [0.1, 0.15) is 5.82 Å². The van der Waals surface area contributed by atoms with Crippen LogP contribution in [0.5, 0.6) is 0 Å². The third kappa shape index (κ3) is 2.24. The van der Waals surface area contributed by atoms with Gasteiger partial charge in [0, 0.05) is 47.8 Å². The summed E-state index contributed by atoms with van der Waals surface area (Å²) >= 11 is 3.20. The van der Waals surface area contributed by atoms with Crippen molar-refractivity contribution >= 4 is 27.6 Å². The first-order valence-corrected chi connectivity index (χ1v) is 8.35. The van der Waals surface area contributed by atoms with Gasteiger partial charge in [-0.15, -0.1) is 0 Å². The van der Waals surface area contributed by atoms with Crippen molar-refractivity contribution in [3.63, 3.8) is 0 Å². The zero-order chi connectivity index (χ0) is 16.1. The van der Waals surface area contributed by atoms with Crippen molar-refractivity contribution in [2.75, 3.05) is 6.54 Å². The molecular formula is C17H14BrFN2O2. The van der Waals surface area contributed by atoms with Crippen molar-refractivity contribution in [2.24, 2.45) is 0 Å². The van der Waals surface area contributed by atoms with Gasteiger partial charge in [0.15, 0.2) is 5.78 Å². The molecule has 2 aliphatic heterocycles. The lowest BCUT2D eigenvalue weighted by Crippen LogP contribution is -2.40. The van der Waals surface area contributed by atoms with E-state index in [1.165, 1.54) is 6.07 Å². The molecule has 118 valence electrons. The highest BCUT2D eigenvalue weighted by molar-refractivity contribution is 9.10. The molecule has 0 saturated carbocycles. The zero-order valence-corrected chi connectivity index (χ0v) is 13.8. The lowest BCUT2D eigenvalue weighted by atomic mass is 9.78. The van der Waals surface area contributed by atoms with E-state index in [0.29, 0.717) is 41.4 Å². The average Bonchev–Trinajstić information content (AvgIpc) is 2.90. The van der Waals surface area contributed by atoms with Crippen molar-refractivity contribution in [2.45, 2.75) is 25.2 Å². The fraction of sp³-hybridized carbons (Fsp3) is 0.294. The SMILES string of the molecule is O=C1CCC2=C1C(c1ccc(F)c(Br)c1)C1=C(CCNC1=O)N2. The highest BCUT2D eigenvalue weighted by Gasteiger charge is 2.41. The van der Waals surface area contributed by atoms with Gasteiger partial charge in [-0.2, -0.15) is 0 Å². The molecule has 23 heavy (non-hydrogen) atoms. The second-order valence-electron chi connectivity index (χ2n) is 5.95. The molecule has 1 unspecified atom stereocenters. The van der Waals surface area contributed by atoms with Gasteiger partial charge in [0.05, 0.1) is 4.47 Å². The number of dihydropyridines is 1. The number of allylic oxidation sites excluding steroid dienone is 2. The number of ketones is 1. The molecule has 0 fully saturated rings. The Morgan fingerprint density at radius 1 is 1.09 bits per heavy atom. The van der Waals surface area contributed by atoms with Gasteiger partial charge < -0.3 is 10.6 Å². The molecule has 0 aromatic heterocycles. The van der Waals surface area contributed by atoms with Crippen LogP contribution < -0.4 is 10.6 Å². The maximum absolute atomic E-state index is 13.6. The monoisotopic (exact) mass is 376 g/mol. The van der Waals surface area contributed by atoms with Crippen LogP contribution in [-0.2, 0) is 9.59 Å². The standard InChI is InChI=1S/C17H14BrFN2O2/c18-9-7-8(1-2-10(9)19)14-15-11(3-4-13(15)22)21-12-5-6-20-17(23)16(12)14/h1-2,7,14,21H,3-6H2,(H,20,23). The molecule has 1 amide bonds. The maximum Gasteiger partial charge on any atom is 0.249 e. The van der Waals surface area contributed by atoms with Gasteiger partial charge >= 0.3 is 0 Å². The van der Waals surface area contributed by atoms with Crippen LogP contribution in [0.4, 0.5) is 4.39 Å². The first-order chi connectivity index (χ1) is 11.1. The minimum absolute atomic E-state index is 0.0582. The molecule has 1 atom stereocenters. The van der Waals surface area contributed by atoms with Crippen molar-refractivity contribution < 1.29 is 14.0 Å². The van der Waals surface area contributed by atoms with E-state index in [1.54, 1.807) is 12.1 Å². The Morgan fingerprint density at radius 2 is 1.87 bits per heavy atom. The molecule has 1 aromatic rings. The summed E-state index contributed by atoms with van der Waals surface area (Å²) in [6.07, 6.45) is 1.84. The Labute approximate surface area is 141 Å². The molecular weight excluding hydrogens is 363 g/mol. The molecule has 6 heteroatoms. The van der Waals surface area contributed by atoms with E-state index < -0.39 is 5.92 Å². The minimum Gasteiger partial charge on any atom is -0.361 e. The molecule has 0 bridgehead atoms. The van der Waals surface area contributed by atoms with Crippen molar-refractivity contribution in [1.82, 2.24) is 10.6 Å². The van der Waals surface area contributed by atoms with E-state index in [1.807, 2.05) is 0 Å². The lowest BCUT2D eigenvalue weighted by Gasteiger charge is -2.33. The van der Waals surface area contributed by atoms with E-state index in [-0.39, 0.29) is 17.5 Å². The van der Waals surface area contributed by atoms with Crippen LogP contribution in [0, 0.1) is 5.82 Å². The van der Waals surface area contributed by atoms with E-state index in [9.17, 15) is 14.0 Å². The predicted octanol–water partition coefficient (Wildman–Crippen LogP) is 2.67. The summed E-state index contributed by atoms with van der Waals surface area (Å²) in [6, 6.07) is 4.68. The second-order valence-corrected chi connectivity index (χ2v) is 6.80. The molecule has 0 saturated heterocycles. The molecule has 2 heterocycles. The summed E-state index contributed by atoms with van der Waals surface area (Å²) in [7, 11) is 0. The number of hydrogen-bond donors (Lipinski definition) is 2. The van der Waals surface area contributed by atoms with Crippen LogP contribution in [0.1, 0.15) is 30.7 Å². The van der Waals surface area contributed by atoms with Crippen molar-refractivity contribution in [1.29, 1.82) is 0 Å². The summed E-state index contributed by atoms with van der Waals surface area (Å²) in [5, 5.41) is 6.14. The topological polar surface area (TPSA) is 58.2 Å². The highest BCUT2D eigenvalue weighted by atomic mass is 79.9. The second kappa shape index (κ2) is 5.30. The molecule has 4 rings (SSSR count).